The largest absolute Gasteiger partial charge is 0.383 e. The lowest BCUT2D eigenvalue weighted by molar-refractivity contribution is 0.0949. The monoisotopic (exact) mass is 227 g/mol. The van der Waals surface area contributed by atoms with E-state index in [4.69, 9.17) is 22.1 Å². The molecule has 0 fully saturated rings. The van der Waals surface area contributed by atoms with Crippen LogP contribution in [-0.2, 0) is 4.74 Å². The summed E-state index contributed by atoms with van der Waals surface area (Å²) in [5.74, 6) is 0.0104. The second-order valence-corrected chi connectivity index (χ2v) is 3.79. The molecule has 0 aliphatic rings. The normalized spacial score (nSPS) is 12.5. The van der Waals surface area contributed by atoms with Crippen molar-refractivity contribution in [2.45, 2.75) is 12.5 Å². The molecule has 0 radical (unpaired) electrons. The average molecular weight is 228 g/mol. The number of nitrogens with two attached hydrogens (primary N) is 1. The third-order valence-corrected chi connectivity index (χ3v) is 2.25. The van der Waals surface area contributed by atoms with Crippen molar-refractivity contribution in [2.24, 2.45) is 5.73 Å². The number of hydrogen-bond donors (Lipinski definition) is 1. The van der Waals surface area contributed by atoms with Gasteiger partial charge in [-0.2, -0.15) is 0 Å². The van der Waals surface area contributed by atoms with Crippen LogP contribution in [0.3, 0.4) is 0 Å². The minimum Gasteiger partial charge on any atom is -0.383 e. The predicted octanol–water partition coefficient (Wildman–Crippen LogP) is 1.89. The highest BCUT2D eigenvalue weighted by atomic mass is 35.5. The maximum Gasteiger partial charge on any atom is 0.164 e. The molecule has 0 amide bonds. The van der Waals surface area contributed by atoms with Crippen LogP contribution in [0.25, 0.3) is 0 Å². The molecule has 3 nitrogen and oxygen atoms in total. The number of benzene rings is 1. The summed E-state index contributed by atoms with van der Waals surface area (Å²) in [5.41, 5.74) is 6.31. The topological polar surface area (TPSA) is 52.3 Å². The van der Waals surface area contributed by atoms with E-state index in [9.17, 15) is 4.79 Å². The van der Waals surface area contributed by atoms with Crippen LogP contribution in [0.2, 0.25) is 5.02 Å². The minimum absolute atomic E-state index is 0.0104. The van der Waals surface area contributed by atoms with Gasteiger partial charge in [-0.1, -0.05) is 11.6 Å². The van der Waals surface area contributed by atoms with E-state index in [0.29, 0.717) is 17.2 Å². The quantitative estimate of drug-likeness (QED) is 0.782. The van der Waals surface area contributed by atoms with E-state index in [1.807, 2.05) is 0 Å². The van der Waals surface area contributed by atoms with Gasteiger partial charge in [0.05, 0.1) is 6.61 Å². The van der Waals surface area contributed by atoms with Gasteiger partial charge in [0.2, 0.25) is 0 Å². The van der Waals surface area contributed by atoms with E-state index in [0.717, 1.165) is 0 Å². The van der Waals surface area contributed by atoms with Crippen LogP contribution < -0.4 is 5.73 Å². The highest BCUT2D eigenvalue weighted by Crippen LogP contribution is 2.11. The summed E-state index contributed by atoms with van der Waals surface area (Å²) < 4.78 is 4.86. The van der Waals surface area contributed by atoms with Gasteiger partial charge >= 0.3 is 0 Å². The van der Waals surface area contributed by atoms with Gasteiger partial charge in [-0.15, -0.1) is 0 Å². The maximum absolute atomic E-state index is 11.7. The lowest BCUT2D eigenvalue weighted by Crippen LogP contribution is -2.28. The molecule has 0 bridgehead atoms. The van der Waals surface area contributed by atoms with Crippen LogP contribution in [0.5, 0.6) is 0 Å². The van der Waals surface area contributed by atoms with Crippen molar-refractivity contribution in [3.05, 3.63) is 34.9 Å². The lowest BCUT2D eigenvalue weighted by atomic mass is 10.0. The Morgan fingerprint density at radius 1 is 1.47 bits per heavy atom. The Kier molecular flexibility index (Phi) is 4.75. The molecule has 0 saturated heterocycles. The van der Waals surface area contributed by atoms with E-state index in [-0.39, 0.29) is 18.2 Å². The van der Waals surface area contributed by atoms with E-state index < -0.39 is 0 Å². The van der Waals surface area contributed by atoms with Crippen molar-refractivity contribution in [3.63, 3.8) is 0 Å². The fourth-order valence-electron chi connectivity index (χ4n) is 1.26. The van der Waals surface area contributed by atoms with Gasteiger partial charge < -0.3 is 10.5 Å². The standard InChI is InChI=1S/C11H14ClNO2/c1-15-7-10(13)6-11(14)8-2-4-9(12)5-3-8/h2-5,10H,6-7,13H2,1H3. The molecule has 1 aromatic rings. The zero-order valence-electron chi connectivity index (χ0n) is 8.57. The van der Waals surface area contributed by atoms with Crippen molar-refractivity contribution in [3.8, 4) is 0 Å². The molecule has 0 aliphatic heterocycles. The van der Waals surface area contributed by atoms with Crippen molar-refractivity contribution >= 4 is 17.4 Å². The first-order valence-electron chi connectivity index (χ1n) is 4.66. The Morgan fingerprint density at radius 3 is 2.60 bits per heavy atom. The zero-order chi connectivity index (χ0) is 11.3. The van der Waals surface area contributed by atoms with E-state index >= 15 is 0 Å². The van der Waals surface area contributed by atoms with Crippen molar-refractivity contribution in [2.75, 3.05) is 13.7 Å². The Balaban J connectivity index is 2.57. The summed E-state index contributed by atoms with van der Waals surface area (Å²) in [6.07, 6.45) is 0.287. The minimum atomic E-state index is -0.252. The Morgan fingerprint density at radius 2 is 2.07 bits per heavy atom. The number of rotatable bonds is 5. The summed E-state index contributed by atoms with van der Waals surface area (Å²) in [5, 5.41) is 0.618. The molecular formula is C11H14ClNO2. The first-order valence-corrected chi connectivity index (χ1v) is 5.04. The summed E-state index contributed by atoms with van der Waals surface area (Å²) in [7, 11) is 1.56. The first-order chi connectivity index (χ1) is 7.13. The van der Waals surface area contributed by atoms with Gasteiger partial charge in [0, 0.05) is 30.2 Å². The molecular weight excluding hydrogens is 214 g/mol. The summed E-state index contributed by atoms with van der Waals surface area (Å²) in [4.78, 5) is 11.7. The van der Waals surface area contributed by atoms with Crippen LogP contribution in [0.15, 0.2) is 24.3 Å². The molecule has 1 rings (SSSR count). The molecule has 82 valence electrons. The third-order valence-electron chi connectivity index (χ3n) is 1.99. The lowest BCUT2D eigenvalue weighted by Gasteiger charge is -2.09. The molecule has 0 aromatic heterocycles. The Labute approximate surface area is 94.2 Å². The fraction of sp³-hybridized carbons (Fsp3) is 0.364. The van der Waals surface area contributed by atoms with Crippen LogP contribution in [0.1, 0.15) is 16.8 Å². The molecule has 1 atom stereocenters. The maximum atomic E-state index is 11.7. The molecule has 15 heavy (non-hydrogen) atoms. The molecule has 0 aliphatic carbocycles. The Hall–Kier alpha value is -0.900. The number of Topliss-reactive ketones (excluding diaryl/α,β-unsaturated/α-hetero) is 1. The number of methoxy groups -OCH3 is 1. The van der Waals surface area contributed by atoms with Crippen molar-refractivity contribution < 1.29 is 9.53 Å². The van der Waals surface area contributed by atoms with Crippen LogP contribution in [-0.4, -0.2) is 25.5 Å². The molecule has 0 spiro atoms. The summed E-state index contributed by atoms with van der Waals surface area (Å²) >= 11 is 5.72. The molecule has 1 unspecified atom stereocenters. The van der Waals surface area contributed by atoms with Crippen molar-refractivity contribution in [1.29, 1.82) is 0 Å². The number of carbonyl (C=O) groups excluding carboxylic acids is 1. The number of carbonyl (C=O) groups is 1. The second kappa shape index (κ2) is 5.85. The van der Waals surface area contributed by atoms with Gasteiger partial charge in [0.1, 0.15) is 0 Å². The van der Waals surface area contributed by atoms with Crippen LogP contribution in [0.4, 0.5) is 0 Å². The second-order valence-electron chi connectivity index (χ2n) is 3.35. The van der Waals surface area contributed by atoms with E-state index in [2.05, 4.69) is 0 Å². The van der Waals surface area contributed by atoms with Crippen LogP contribution >= 0.6 is 11.6 Å². The fourth-order valence-corrected chi connectivity index (χ4v) is 1.39. The van der Waals surface area contributed by atoms with E-state index in [1.165, 1.54) is 0 Å². The summed E-state index contributed by atoms with van der Waals surface area (Å²) in [6.45, 7) is 0.388. The van der Waals surface area contributed by atoms with Gasteiger partial charge in [-0.25, -0.2) is 0 Å². The van der Waals surface area contributed by atoms with Crippen molar-refractivity contribution in [1.82, 2.24) is 0 Å². The van der Waals surface area contributed by atoms with Gasteiger partial charge in [0.25, 0.3) is 0 Å². The molecule has 0 saturated carbocycles. The molecule has 2 N–H and O–H groups in total. The molecule has 4 heteroatoms. The number of ketones is 1. The van der Waals surface area contributed by atoms with Gasteiger partial charge in [-0.3, -0.25) is 4.79 Å². The van der Waals surface area contributed by atoms with Crippen LogP contribution in [0, 0.1) is 0 Å². The zero-order valence-corrected chi connectivity index (χ0v) is 9.33. The SMILES string of the molecule is COCC(N)CC(=O)c1ccc(Cl)cc1. The smallest absolute Gasteiger partial charge is 0.164 e. The third kappa shape index (κ3) is 4.00. The number of halogens is 1. The summed E-state index contributed by atoms with van der Waals surface area (Å²) in [6, 6.07) is 6.53. The highest BCUT2D eigenvalue weighted by Gasteiger charge is 2.11. The highest BCUT2D eigenvalue weighted by molar-refractivity contribution is 6.30. The Bertz CT molecular complexity index is 324. The van der Waals surface area contributed by atoms with Gasteiger partial charge in [0.15, 0.2) is 5.78 Å². The van der Waals surface area contributed by atoms with E-state index in [1.54, 1.807) is 31.4 Å². The molecule has 1 aromatic carbocycles. The first kappa shape index (κ1) is 12.2. The predicted molar refractivity (Wildman–Crippen MR) is 60.3 cm³/mol. The molecule has 0 heterocycles. The number of hydrogen-bond acceptors (Lipinski definition) is 3. The van der Waals surface area contributed by atoms with Gasteiger partial charge in [-0.05, 0) is 24.3 Å². The average Bonchev–Trinajstić information content (AvgIpc) is 2.18. The number of ether oxygens (including phenoxy) is 1.